The first-order chi connectivity index (χ1) is 16.4. The van der Waals surface area contributed by atoms with Crippen LogP contribution in [0.3, 0.4) is 0 Å². The van der Waals surface area contributed by atoms with Crippen LogP contribution in [0.4, 0.5) is 24.8 Å². The third-order valence-corrected chi connectivity index (χ3v) is 6.66. The van der Waals surface area contributed by atoms with Crippen molar-refractivity contribution in [3.8, 4) is 0 Å². The van der Waals surface area contributed by atoms with Crippen molar-refractivity contribution < 1.29 is 27.8 Å². The lowest BCUT2D eigenvalue weighted by Gasteiger charge is -2.25. The van der Waals surface area contributed by atoms with Gasteiger partial charge in [-0.1, -0.05) is 0 Å². The quantitative estimate of drug-likeness (QED) is 0.545. The van der Waals surface area contributed by atoms with Gasteiger partial charge in [-0.15, -0.1) is 0 Å². The van der Waals surface area contributed by atoms with Crippen molar-refractivity contribution in [2.24, 2.45) is 11.8 Å². The van der Waals surface area contributed by atoms with Gasteiger partial charge in [0.2, 0.25) is 5.95 Å². The maximum atomic E-state index is 14.3. The van der Waals surface area contributed by atoms with E-state index in [1.165, 1.54) is 0 Å². The lowest BCUT2D eigenvalue weighted by molar-refractivity contribution is -0.143. The van der Waals surface area contributed by atoms with Crippen molar-refractivity contribution in [3.05, 3.63) is 41.6 Å². The molecule has 2 N–H and O–H groups in total. The SMILES string of the molecule is O=C(O)C1CCC(Cc2ncc3nc(Nc4c(F)cc(F)cc4F)n([C@@H]4CCOC4)c3n2)CC1. The third kappa shape index (κ3) is 4.44. The summed E-state index contributed by atoms with van der Waals surface area (Å²) in [6.07, 6.45) is 5.74. The molecule has 1 saturated heterocycles. The summed E-state index contributed by atoms with van der Waals surface area (Å²) >= 11 is 0. The van der Waals surface area contributed by atoms with Gasteiger partial charge in [-0.3, -0.25) is 9.36 Å². The molecule has 1 aliphatic heterocycles. The number of aliphatic carboxylic acids is 1. The molecule has 2 aromatic heterocycles. The van der Waals surface area contributed by atoms with E-state index in [0.29, 0.717) is 73.9 Å². The number of carbonyl (C=O) groups is 1. The third-order valence-electron chi connectivity index (χ3n) is 6.66. The van der Waals surface area contributed by atoms with Gasteiger partial charge < -0.3 is 15.2 Å². The van der Waals surface area contributed by atoms with Crippen LogP contribution >= 0.6 is 0 Å². The number of ether oxygens (including phenoxy) is 1. The molecule has 0 amide bonds. The molecule has 2 fully saturated rings. The van der Waals surface area contributed by atoms with Gasteiger partial charge in [-0.2, -0.15) is 0 Å². The summed E-state index contributed by atoms with van der Waals surface area (Å²) in [7, 11) is 0. The summed E-state index contributed by atoms with van der Waals surface area (Å²) < 4.78 is 49.2. The zero-order valence-electron chi connectivity index (χ0n) is 18.3. The van der Waals surface area contributed by atoms with Crippen LogP contribution in [0, 0.1) is 29.3 Å². The maximum Gasteiger partial charge on any atom is 0.306 e. The molecule has 8 nitrogen and oxygen atoms in total. The van der Waals surface area contributed by atoms with Crippen LogP contribution in [0.2, 0.25) is 0 Å². The number of nitrogens with zero attached hydrogens (tertiary/aromatic N) is 4. The summed E-state index contributed by atoms with van der Waals surface area (Å²) in [6, 6.07) is 1.06. The molecule has 3 aromatic rings. The van der Waals surface area contributed by atoms with Crippen LogP contribution in [0.5, 0.6) is 0 Å². The molecule has 1 aliphatic carbocycles. The second-order valence-corrected chi connectivity index (χ2v) is 8.95. The Hall–Kier alpha value is -3.21. The molecule has 0 spiro atoms. The number of rotatable bonds is 6. The number of hydrogen-bond donors (Lipinski definition) is 2. The first-order valence-corrected chi connectivity index (χ1v) is 11.3. The highest BCUT2D eigenvalue weighted by molar-refractivity contribution is 5.75. The van der Waals surface area contributed by atoms with Crippen LogP contribution in [0.15, 0.2) is 18.3 Å². The van der Waals surface area contributed by atoms with Gasteiger partial charge in [0, 0.05) is 25.2 Å². The highest BCUT2D eigenvalue weighted by atomic mass is 19.1. The van der Waals surface area contributed by atoms with Gasteiger partial charge in [0.05, 0.1) is 24.8 Å². The molecule has 5 rings (SSSR count). The number of imidazole rings is 1. The van der Waals surface area contributed by atoms with Crippen molar-refractivity contribution >= 4 is 28.8 Å². The van der Waals surface area contributed by atoms with Gasteiger partial charge in [-0.25, -0.2) is 28.1 Å². The number of halogens is 3. The van der Waals surface area contributed by atoms with Gasteiger partial charge in [0.25, 0.3) is 0 Å². The minimum absolute atomic E-state index is 0.146. The first kappa shape index (κ1) is 22.6. The number of aromatic nitrogens is 4. The smallest absolute Gasteiger partial charge is 0.306 e. The van der Waals surface area contributed by atoms with Crippen molar-refractivity contribution in [1.29, 1.82) is 0 Å². The summed E-state index contributed by atoms with van der Waals surface area (Å²) in [5, 5.41) is 11.9. The van der Waals surface area contributed by atoms with Crippen molar-refractivity contribution in [1.82, 2.24) is 19.5 Å². The van der Waals surface area contributed by atoms with Crippen LogP contribution < -0.4 is 5.32 Å². The first-order valence-electron chi connectivity index (χ1n) is 11.3. The molecule has 2 aliphatic rings. The summed E-state index contributed by atoms with van der Waals surface area (Å²) in [5.41, 5.74) is 0.473. The van der Waals surface area contributed by atoms with E-state index in [0.717, 1.165) is 12.8 Å². The van der Waals surface area contributed by atoms with Gasteiger partial charge in [0.15, 0.2) is 17.3 Å². The fourth-order valence-electron chi connectivity index (χ4n) is 4.83. The van der Waals surface area contributed by atoms with Gasteiger partial charge in [0.1, 0.15) is 22.8 Å². The molecule has 3 heterocycles. The number of fused-ring (bicyclic) bond motifs is 1. The molecule has 1 aromatic carbocycles. The number of carboxylic acid groups (broad SMARTS) is 1. The van der Waals surface area contributed by atoms with E-state index < -0.39 is 29.1 Å². The van der Waals surface area contributed by atoms with E-state index in [4.69, 9.17) is 9.72 Å². The second-order valence-electron chi connectivity index (χ2n) is 8.95. The lowest BCUT2D eigenvalue weighted by Crippen LogP contribution is -2.22. The number of hydrogen-bond acceptors (Lipinski definition) is 6. The molecule has 34 heavy (non-hydrogen) atoms. The Kier molecular flexibility index (Phi) is 6.11. The number of carboxylic acids is 1. The largest absolute Gasteiger partial charge is 0.481 e. The van der Waals surface area contributed by atoms with Gasteiger partial charge in [-0.05, 0) is 38.0 Å². The Morgan fingerprint density at radius 2 is 1.85 bits per heavy atom. The minimum Gasteiger partial charge on any atom is -0.481 e. The Balaban J connectivity index is 1.46. The van der Waals surface area contributed by atoms with Crippen LogP contribution in [-0.2, 0) is 16.0 Å². The molecular weight excluding hydrogens is 451 g/mol. The van der Waals surface area contributed by atoms with E-state index in [-0.39, 0.29) is 17.9 Å². The Labute approximate surface area is 193 Å². The standard InChI is InChI=1S/C23H24F3N5O3/c24-14-8-16(25)20(17(26)9-14)30-23-28-18-10-27-19(7-12-1-3-13(4-2-12)22(32)33)29-21(18)31(23)15-5-6-34-11-15/h8-10,12-13,15H,1-7,11H2,(H,28,30)(H,32,33)/t12?,13?,15-/m1/s1. The average molecular weight is 475 g/mol. The number of anilines is 2. The molecule has 1 saturated carbocycles. The summed E-state index contributed by atoms with van der Waals surface area (Å²) in [6.45, 7) is 0.931. The van der Waals surface area contributed by atoms with Crippen molar-refractivity contribution in [3.63, 3.8) is 0 Å². The highest BCUT2D eigenvalue weighted by Crippen LogP contribution is 2.33. The summed E-state index contributed by atoms with van der Waals surface area (Å²) in [4.78, 5) is 24.8. The van der Waals surface area contributed by atoms with Crippen molar-refractivity contribution in [2.45, 2.75) is 44.6 Å². The zero-order valence-corrected chi connectivity index (χ0v) is 18.3. The molecular formula is C23H24F3N5O3. The topological polar surface area (TPSA) is 102 Å². The molecule has 0 radical (unpaired) electrons. The van der Waals surface area contributed by atoms with E-state index in [1.807, 2.05) is 0 Å². The molecule has 1 atom stereocenters. The fourth-order valence-corrected chi connectivity index (χ4v) is 4.83. The molecule has 0 bridgehead atoms. The van der Waals surface area contributed by atoms with E-state index >= 15 is 0 Å². The van der Waals surface area contributed by atoms with Crippen molar-refractivity contribution in [2.75, 3.05) is 18.5 Å². The minimum atomic E-state index is -1.07. The van der Waals surface area contributed by atoms with Gasteiger partial charge >= 0.3 is 5.97 Å². The second kappa shape index (κ2) is 9.21. The highest BCUT2D eigenvalue weighted by Gasteiger charge is 2.28. The average Bonchev–Trinajstić information content (AvgIpc) is 3.43. The normalized spacial score (nSPS) is 22.9. The molecule has 180 valence electrons. The Bertz CT molecular complexity index is 1200. The predicted molar refractivity (Wildman–Crippen MR) is 116 cm³/mol. The van der Waals surface area contributed by atoms with E-state index in [9.17, 15) is 23.1 Å². The number of nitrogens with one attached hydrogen (secondary N) is 1. The van der Waals surface area contributed by atoms with E-state index in [2.05, 4.69) is 15.3 Å². The Morgan fingerprint density at radius 1 is 1.12 bits per heavy atom. The van der Waals surface area contributed by atoms with Crippen LogP contribution in [-0.4, -0.2) is 43.8 Å². The number of benzene rings is 1. The Morgan fingerprint density at radius 3 is 2.50 bits per heavy atom. The van der Waals surface area contributed by atoms with Crippen LogP contribution in [0.25, 0.3) is 11.2 Å². The zero-order chi connectivity index (χ0) is 23.8. The predicted octanol–water partition coefficient (Wildman–Crippen LogP) is 4.38. The fraction of sp³-hybridized carbons (Fsp3) is 0.478. The molecule has 11 heteroatoms. The molecule has 0 unspecified atom stereocenters. The van der Waals surface area contributed by atoms with E-state index in [1.54, 1.807) is 10.8 Å². The maximum absolute atomic E-state index is 14.3. The monoisotopic (exact) mass is 475 g/mol. The van der Waals surface area contributed by atoms with Crippen LogP contribution in [0.1, 0.15) is 44.0 Å². The lowest BCUT2D eigenvalue weighted by atomic mass is 9.80. The summed E-state index contributed by atoms with van der Waals surface area (Å²) in [5.74, 6) is -3.10.